The van der Waals surface area contributed by atoms with Gasteiger partial charge >= 0.3 is 11.9 Å². The molecule has 0 unspecified atom stereocenters. The van der Waals surface area contributed by atoms with Crippen molar-refractivity contribution in [2.45, 2.75) is 160 Å². The number of nitrogens with zero attached hydrogens (tertiary/aromatic N) is 2. The number of carbonyl (C=O) groups excluding carboxylic acids is 9. The molecule has 0 fully saturated rings. The Bertz CT molecular complexity index is 2380. The van der Waals surface area contributed by atoms with Crippen LogP contribution in [0.1, 0.15) is 104 Å². The van der Waals surface area contributed by atoms with E-state index in [-0.39, 0.29) is 69.9 Å². The summed E-state index contributed by atoms with van der Waals surface area (Å²) in [5, 5.41) is 39.2. The molecule has 0 saturated heterocycles. The van der Waals surface area contributed by atoms with Gasteiger partial charge < -0.3 is 86.4 Å². The number of imidazole rings is 1. The van der Waals surface area contributed by atoms with Gasteiger partial charge in [-0.2, -0.15) is 0 Å². The van der Waals surface area contributed by atoms with Crippen LogP contribution in [0.5, 0.6) is 0 Å². The van der Waals surface area contributed by atoms with Crippen molar-refractivity contribution < 1.29 is 63.0 Å². The average Bonchev–Trinajstić information content (AvgIpc) is 3.90. The minimum absolute atomic E-state index is 0.00778. The summed E-state index contributed by atoms with van der Waals surface area (Å²) in [5.41, 5.74) is 29.1. The lowest BCUT2D eigenvalue weighted by Gasteiger charge is -2.29. The number of aliphatic imine (C=N–C) groups is 1. The van der Waals surface area contributed by atoms with Crippen molar-refractivity contribution in [2.24, 2.45) is 45.5 Å². The Morgan fingerprint density at radius 1 is 0.608 bits per heavy atom. The number of unbranched alkanes of at least 4 members (excludes halogenated alkanes) is 1. The first-order valence-electron chi connectivity index (χ1n) is 25.9. The maximum absolute atomic E-state index is 14.4. The molecule has 0 saturated carbocycles. The van der Waals surface area contributed by atoms with Gasteiger partial charge in [0.15, 0.2) is 5.96 Å². The first-order valence-corrected chi connectivity index (χ1v) is 25.9. The number of aromatic amines is 1. The molecule has 0 aliphatic rings. The summed E-state index contributed by atoms with van der Waals surface area (Å²) in [4.78, 5) is 156. The van der Waals surface area contributed by atoms with Gasteiger partial charge in [0.05, 0.1) is 18.8 Å². The van der Waals surface area contributed by atoms with Gasteiger partial charge in [0.25, 0.3) is 0 Å². The van der Waals surface area contributed by atoms with Gasteiger partial charge in [0.1, 0.15) is 48.3 Å². The molecule has 438 valence electrons. The van der Waals surface area contributed by atoms with E-state index in [1.807, 2.05) is 0 Å². The molecule has 9 amide bonds. The molecule has 2 rings (SSSR count). The van der Waals surface area contributed by atoms with Crippen LogP contribution in [0.2, 0.25) is 0 Å². The van der Waals surface area contributed by atoms with E-state index in [4.69, 9.17) is 28.7 Å². The number of nitrogens with one attached hydrogen (secondary N) is 9. The van der Waals surface area contributed by atoms with E-state index in [0.717, 1.165) is 5.56 Å². The van der Waals surface area contributed by atoms with E-state index in [0.29, 0.717) is 18.5 Å². The monoisotopic (exact) mass is 1110 g/mol. The van der Waals surface area contributed by atoms with Gasteiger partial charge in [-0.25, -0.2) is 9.78 Å². The zero-order valence-corrected chi connectivity index (χ0v) is 45.3. The summed E-state index contributed by atoms with van der Waals surface area (Å²) < 4.78 is 0. The zero-order valence-electron chi connectivity index (χ0n) is 45.3. The fourth-order valence-electron chi connectivity index (χ4n) is 7.78. The number of benzene rings is 1. The molecule has 29 nitrogen and oxygen atoms in total. The van der Waals surface area contributed by atoms with Crippen molar-refractivity contribution in [3.05, 3.63) is 54.1 Å². The van der Waals surface area contributed by atoms with Gasteiger partial charge in [-0.1, -0.05) is 58.0 Å². The summed E-state index contributed by atoms with van der Waals surface area (Å²) >= 11 is 0. The number of carboxylic acids is 2. The van der Waals surface area contributed by atoms with Crippen LogP contribution in [0.15, 0.2) is 47.8 Å². The lowest BCUT2D eigenvalue weighted by Crippen LogP contribution is -2.61. The largest absolute Gasteiger partial charge is 0.481 e. The molecule has 29 heteroatoms. The Hall–Kier alpha value is -8.21. The molecule has 1 aromatic carbocycles. The van der Waals surface area contributed by atoms with Crippen LogP contribution < -0.4 is 71.2 Å². The van der Waals surface area contributed by atoms with Gasteiger partial charge in [-0.05, 0) is 82.2 Å². The molecule has 0 aliphatic carbocycles. The lowest BCUT2D eigenvalue weighted by atomic mass is 9.99. The topological polar surface area (TPSA) is 496 Å². The molecule has 0 spiro atoms. The summed E-state index contributed by atoms with van der Waals surface area (Å²) in [6, 6.07) is -3.71. The van der Waals surface area contributed by atoms with Crippen LogP contribution in [0, 0.1) is 11.8 Å². The van der Waals surface area contributed by atoms with Crippen molar-refractivity contribution in [1.82, 2.24) is 52.5 Å². The van der Waals surface area contributed by atoms with E-state index in [9.17, 15) is 63.0 Å². The van der Waals surface area contributed by atoms with Crippen LogP contribution in [-0.2, 0) is 65.6 Å². The molecule has 9 atom stereocenters. The number of aromatic nitrogens is 2. The predicted molar refractivity (Wildman–Crippen MR) is 287 cm³/mol. The molecule has 0 aliphatic heterocycles. The standard InChI is InChI=1S/C50H80N16O13/c1-26(2)20-35(46(75)65-37(49(78)79)23-38(53)67)63-44(73)32(14-9-10-18-51)62-48(77)40(27(3)4)66-47(76)36(22-30-24-56-25-58-30)64-45(74)33(15-11-19-57-50(54)55)60-41(70)28(5)59-43(72)34(16-17-39(68)69)61-42(71)31(52)21-29-12-7-6-8-13-29/h6-8,12-13,24-28,31-37,40H,9-11,14-23,51-52H2,1-5H3,(H2,53,67)(H,56,58)(H,59,72)(H,60,70)(H,61,71)(H,62,77)(H,63,73)(H,64,74)(H,65,75)(H,66,76)(H,68,69)(H,78,79)(H4,54,55,57)/t28-,31-,32-,33-,34-,35-,36-,37-,40-/m0/s1. The molecular weight excluding hydrogens is 1030 g/mol. The molecule has 2 aromatic rings. The van der Waals surface area contributed by atoms with E-state index in [1.54, 1.807) is 58.0 Å². The summed E-state index contributed by atoms with van der Waals surface area (Å²) in [6.45, 7) is 8.24. The Morgan fingerprint density at radius 3 is 1.68 bits per heavy atom. The molecule has 21 N–H and O–H groups in total. The number of carbonyl (C=O) groups is 11. The third-order valence-corrected chi connectivity index (χ3v) is 12.0. The van der Waals surface area contributed by atoms with Crippen molar-refractivity contribution >= 4 is 71.1 Å². The van der Waals surface area contributed by atoms with E-state index < -0.39 is 138 Å². The Labute approximate surface area is 457 Å². The summed E-state index contributed by atoms with van der Waals surface area (Å²) in [6.07, 6.45) is 1.78. The summed E-state index contributed by atoms with van der Waals surface area (Å²) in [5.74, 6) is -11.8. The highest BCUT2D eigenvalue weighted by atomic mass is 16.4. The smallest absolute Gasteiger partial charge is 0.326 e. The number of hydrogen-bond donors (Lipinski definition) is 16. The molecule has 79 heavy (non-hydrogen) atoms. The molecule has 1 heterocycles. The first kappa shape index (κ1) is 66.9. The van der Waals surface area contributed by atoms with Gasteiger partial charge in [0.2, 0.25) is 53.2 Å². The van der Waals surface area contributed by atoms with E-state index >= 15 is 0 Å². The number of aliphatic carboxylic acids is 2. The number of primary amides is 1. The second-order valence-corrected chi connectivity index (χ2v) is 19.7. The maximum Gasteiger partial charge on any atom is 0.326 e. The quantitative estimate of drug-likeness (QED) is 0.0175. The van der Waals surface area contributed by atoms with Crippen LogP contribution in [0.3, 0.4) is 0 Å². The SMILES string of the molecule is CC(C)C[C@H](NC(=O)[C@H](CCCCN)NC(=O)[C@@H](NC(=O)[C@H](Cc1cnc[nH]1)NC(=O)[C@H](CCCN=C(N)N)NC(=O)[C@H](C)NC(=O)[C@H](CCC(=O)O)NC(=O)[C@@H](N)Cc1ccccc1)C(C)C)C(=O)N[C@@H](CC(N)=O)C(=O)O. The van der Waals surface area contributed by atoms with Crippen LogP contribution >= 0.6 is 0 Å². The number of H-pyrrole nitrogens is 1. The highest BCUT2D eigenvalue weighted by Crippen LogP contribution is 2.12. The minimum Gasteiger partial charge on any atom is -0.481 e. The van der Waals surface area contributed by atoms with Crippen LogP contribution in [0.25, 0.3) is 0 Å². The number of rotatable bonds is 37. The molecule has 1 aromatic heterocycles. The van der Waals surface area contributed by atoms with Crippen molar-refractivity contribution in [2.75, 3.05) is 13.1 Å². The lowest BCUT2D eigenvalue weighted by molar-refractivity contribution is -0.144. The summed E-state index contributed by atoms with van der Waals surface area (Å²) in [7, 11) is 0. The highest BCUT2D eigenvalue weighted by Gasteiger charge is 2.36. The van der Waals surface area contributed by atoms with Gasteiger partial charge in [-0.3, -0.25) is 52.9 Å². The van der Waals surface area contributed by atoms with E-state index in [1.165, 1.54) is 19.4 Å². The van der Waals surface area contributed by atoms with Gasteiger partial charge in [0, 0.05) is 31.3 Å². The number of carboxylic acid groups (broad SMARTS) is 2. The highest BCUT2D eigenvalue weighted by molar-refractivity contribution is 5.98. The fraction of sp³-hybridized carbons (Fsp3) is 0.580. The minimum atomic E-state index is -1.69. The Kier molecular flexibility index (Phi) is 29.2. The first-order chi connectivity index (χ1) is 37.2. The van der Waals surface area contributed by atoms with Crippen LogP contribution in [-0.4, -0.2) is 159 Å². The fourth-order valence-corrected chi connectivity index (χ4v) is 7.78. The second kappa shape index (κ2) is 34.5. The Morgan fingerprint density at radius 2 is 1.14 bits per heavy atom. The van der Waals surface area contributed by atoms with Crippen LogP contribution in [0.4, 0.5) is 0 Å². The maximum atomic E-state index is 14.4. The van der Waals surface area contributed by atoms with Crippen molar-refractivity contribution in [3.8, 4) is 0 Å². The Balaban J connectivity index is 2.40. The number of amides is 9. The number of hydrogen-bond acceptors (Lipinski definition) is 15. The zero-order chi connectivity index (χ0) is 59.4. The second-order valence-electron chi connectivity index (χ2n) is 19.7. The molecular formula is C50H80N16O13. The number of guanidine groups is 1. The predicted octanol–water partition coefficient (Wildman–Crippen LogP) is -3.87. The molecule has 0 bridgehead atoms. The third kappa shape index (κ3) is 25.7. The van der Waals surface area contributed by atoms with E-state index in [2.05, 4.69) is 57.5 Å². The molecule has 0 radical (unpaired) electrons. The van der Waals surface area contributed by atoms with Gasteiger partial charge in [-0.15, -0.1) is 0 Å². The normalized spacial score (nSPS) is 14.5. The number of nitrogens with two attached hydrogens (primary N) is 5. The van der Waals surface area contributed by atoms with Crippen molar-refractivity contribution in [3.63, 3.8) is 0 Å². The third-order valence-electron chi connectivity index (χ3n) is 12.0. The average molecular weight is 1110 g/mol. The van der Waals surface area contributed by atoms with Crippen molar-refractivity contribution in [1.29, 1.82) is 0 Å².